The predicted octanol–water partition coefficient (Wildman–Crippen LogP) is 6.57. The summed E-state index contributed by atoms with van der Waals surface area (Å²) in [6.45, 7) is 7.26. The SMILES string of the molecule is COC(=O)CN(Cc1cccc(-c2cncc(-c3cc(-c4cccc(C)n4)nc4[nH]ccc34)c2)c1)C(=O)OC(C)(C)C. The fraction of sp³-hybridized carbons (Fsp3) is 0.242. The van der Waals surface area contributed by atoms with E-state index in [4.69, 9.17) is 14.5 Å². The van der Waals surface area contributed by atoms with Crippen LogP contribution in [0.1, 0.15) is 32.0 Å². The fourth-order valence-electron chi connectivity index (χ4n) is 4.64. The zero-order valence-corrected chi connectivity index (χ0v) is 24.3. The van der Waals surface area contributed by atoms with Crippen LogP contribution in [0.4, 0.5) is 4.79 Å². The van der Waals surface area contributed by atoms with Gasteiger partial charge in [0, 0.05) is 47.3 Å². The van der Waals surface area contributed by atoms with Crippen LogP contribution in [0.5, 0.6) is 0 Å². The monoisotopic (exact) mass is 563 g/mol. The number of pyridine rings is 3. The van der Waals surface area contributed by atoms with E-state index in [0.717, 1.165) is 55.9 Å². The van der Waals surface area contributed by atoms with Gasteiger partial charge in [-0.25, -0.2) is 9.78 Å². The molecule has 9 heteroatoms. The molecule has 1 amide bonds. The Morgan fingerprint density at radius 2 is 1.69 bits per heavy atom. The van der Waals surface area contributed by atoms with Gasteiger partial charge in [-0.05, 0) is 80.8 Å². The third-order valence-electron chi connectivity index (χ3n) is 6.56. The number of hydrogen-bond donors (Lipinski definition) is 1. The number of benzene rings is 1. The smallest absolute Gasteiger partial charge is 0.411 e. The molecule has 0 aliphatic rings. The largest absolute Gasteiger partial charge is 0.468 e. The number of methoxy groups -OCH3 is 1. The summed E-state index contributed by atoms with van der Waals surface area (Å²) in [6.07, 6.45) is 4.93. The Morgan fingerprint density at radius 1 is 0.905 bits per heavy atom. The fourth-order valence-corrected chi connectivity index (χ4v) is 4.64. The van der Waals surface area contributed by atoms with Gasteiger partial charge in [0.05, 0.1) is 18.5 Å². The summed E-state index contributed by atoms with van der Waals surface area (Å²) in [6, 6.07) is 19.8. The first kappa shape index (κ1) is 28.5. The molecule has 214 valence electrons. The Labute approximate surface area is 244 Å². The van der Waals surface area contributed by atoms with E-state index in [1.807, 2.05) is 73.9 Å². The zero-order chi connectivity index (χ0) is 29.9. The number of aromatic amines is 1. The number of amides is 1. The molecule has 0 unspecified atom stereocenters. The molecule has 0 saturated heterocycles. The summed E-state index contributed by atoms with van der Waals surface area (Å²) >= 11 is 0. The van der Waals surface area contributed by atoms with E-state index in [0.29, 0.717) is 0 Å². The second-order valence-corrected chi connectivity index (χ2v) is 11.0. The van der Waals surface area contributed by atoms with Gasteiger partial charge in [-0.1, -0.05) is 24.3 Å². The summed E-state index contributed by atoms with van der Waals surface area (Å²) in [7, 11) is 1.29. The minimum atomic E-state index is -0.702. The predicted molar refractivity (Wildman–Crippen MR) is 161 cm³/mol. The maximum Gasteiger partial charge on any atom is 0.411 e. The molecule has 0 saturated carbocycles. The number of rotatable bonds is 7. The lowest BCUT2D eigenvalue weighted by atomic mass is 9.98. The van der Waals surface area contributed by atoms with E-state index >= 15 is 0 Å². The van der Waals surface area contributed by atoms with Crippen LogP contribution in [0.25, 0.3) is 44.7 Å². The number of nitrogens with one attached hydrogen (secondary N) is 1. The van der Waals surface area contributed by atoms with Crippen molar-refractivity contribution < 1.29 is 19.1 Å². The summed E-state index contributed by atoms with van der Waals surface area (Å²) in [4.78, 5) is 43.5. The minimum absolute atomic E-state index is 0.173. The van der Waals surface area contributed by atoms with Gasteiger partial charge in [-0.15, -0.1) is 0 Å². The van der Waals surface area contributed by atoms with E-state index in [2.05, 4.69) is 21.0 Å². The molecule has 5 rings (SSSR count). The average Bonchev–Trinajstić information content (AvgIpc) is 3.44. The third-order valence-corrected chi connectivity index (χ3v) is 6.56. The maximum absolute atomic E-state index is 12.9. The van der Waals surface area contributed by atoms with Crippen molar-refractivity contribution in [2.24, 2.45) is 0 Å². The van der Waals surface area contributed by atoms with E-state index in [1.165, 1.54) is 12.0 Å². The normalized spacial score (nSPS) is 11.4. The van der Waals surface area contributed by atoms with Crippen LogP contribution in [-0.2, 0) is 20.8 Å². The second-order valence-electron chi connectivity index (χ2n) is 11.0. The molecule has 0 aliphatic carbocycles. The highest BCUT2D eigenvalue weighted by Crippen LogP contribution is 2.33. The molecule has 1 aromatic carbocycles. The number of H-pyrrole nitrogens is 1. The van der Waals surface area contributed by atoms with Gasteiger partial charge < -0.3 is 14.5 Å². The standard InChI is InChI=1S/C33H33N5O4/c1-21-8-6-11-28(36-21)29-16-27(26-12-13-35-31(26)37-29)25-15-24(17-34-18-25)23-10-7-9-22(14-23)19-38(20-30(39)41-5)32(40)42-33(2,3)4/h6-18H,19-20H2,1-5H3,(H,35,37). The number of fused-ring (bicyclic) bond motifs is 1. The van der Waals surface area contributed by atoms with Gasteiger partial charge in [0.25, 0.3) is 0 Å². The van der Waals surface area contributed by atoms with E-state index in [1.54, 1.807) is 27.0 Å². The van der Waals surface area contributed by atoms with Gasteiger partial charge in [0.1, 0.15) is 17.8 Å². The van der Waals surface area contributed by atoms with E-state index < -0.39 is 17.7 Å². The highest BCUT2D eigenvalue weighted by molar-refractivity contribution is 5.95. The van der Waals surface area contributed by atoms with Crippen LogP contribution in [0.3, 0.4) is 0 Å². The topological polar surface area (TPSA) is 110 Å². The molecule has 0 bridgehead atoms. The number of esters is 1. The van der Waals surface area contributed by atoms with Crippen LogP contribution >= 0.6 is 0 Å². The zero-order valence-electron chi connectivity index (χ0n) is 24.3. The Morgan fingerprint density at radius 3 is 2.45 bits per heavy atom. The van der Waals surface area contributed by atoms with Crippen LogP contribution < -0.4 is 0 Å². The molecule has 0 atom stereocenters. The molecule has 42 heavy (non-hydrogen) atoms. The number of aryl methyl sites for hydroxylation is 1. The Bertz CT molecular complexity index is 1760. The van der Waals surface area contributed by atoms with Gasteiger partial charge in [-0.3, -0.25) is 19.7 Å². The van der Waals surface area contributed by atoms with Gasteiger partial charge in [-0.2, -0.15) is 0 Å². The van der Waals surface area contributed by atoms with Crippen molar-refractivity contribution in [1.29, 1.82) is 0 Å². The molecule has 0 spiro atoms. The third kappa shape index (κ3) is 6.63. The summed E-state index contributed by atoms with van der Waals surface area (Å²) in [5.41, 5.74) is 7.12. The number of carbonyl (C=O) groups excluding carboxylic acids is 2. The molecule has 4 aromatic heterocycles. The van der Waals surface area contributed by atoms with Crippen molar-refractivity contribution in [2.75, 3.05) is 13.7 Å². The molecule has 4 heterocycles. The first-order valence-electron chi connectivity index (χ1n) is 13.6. The lowest BCUT2D eigenvalue weighted by Gasteiger charge is -2.27. The summed E-state index contributed by atoms with van der Waals surface area (Å²) < 4.78 is 10.3. The minimum Gasteiger partial charge on any atom is -0.468 e. The van der Waals surface area contributed by atoms with Crippen molar-refractivity contribution in [3.05, 3.63) is 90.5 Å². The van der Waals surface area contributed by atoms with E-state index in [-0.39, 0.29) is 13.1 Å². The Kier molecular flexibility index (Phi) is 8.01. The van der Waals surface area contributed by atoms with Gasteiger partial charge in [0.2, 0.25) is 0 Å². The Hall–Kier alpha value is -5.05. The number of aromatic nitrogens is 4. The highest BCUT2D eigenvalue weighted by atomic mass is 16.6. The maximum atomic E-state index is 12.9. The van der Waals surface area contributed by atoms with Crippen LogP contribution in [0.2, 0.25) is 0 Å². The molecule has 0 aliphatic heterocycles. The molecular formula is C33H33N5O4. The molecule has 1 N–H and O–H groups in total. The first-order chi connectivity index (χ1) is 20.1. The van der Waals surface area contributed by atoms with Gasteiger partial charge in [0.15, 0.2) is 0 Å². The van der Waals surface area contributed by atoms with Crippen LogP contribution in [0, 0.1) is 6.92 Å². The number of nitrogens with zero attached hydrogens (tertiary/aromatic N) is 4. The van der Waals surface area contributed by atoms with E-state index in [9.17, 15) is 9.59 Å². The lowest BCUT2D eigenvalue weighted by molar-refractivity contribution is -0.142. The highest BCUT2D eigenvalue weighted by Gasteiger charge is 2.24. The molecular weight excluding hydrogens is 530 g/mol. The number of ether oxygens (including phenoxy) is 2. The van der Waals surface area contributed by atoms with Crippen molar-refractivity contribution in [3.63, 3.8) is 0 Å². The average molecular weight is 564 g/mol. The molecule has 9 nitrogen and oxygen atoms in total. The van der Waals surface area contributed by atoms with Crippen molar-refractivity contribution in [2.45, 2.75) is 39.8 Å². The first-order valence-corrected chi connectivity index (χ1v) is 13.6. The summed E-state index contributed by atoms with van der Waals surface area (Å²) in [5, 5.41) is 0.981. The van der Waals surface area contributed by atoms with Crippen LogP contribution in [-0.4, -0.2) is 56.2 Å². The molecule has 0 fully saturated rings. The lowest BCUT2D eigenvalue weighted by Crippen LogP contribution is -2.39. The Balaban J connectivity index is 1.48. The van der Waals surface area contributed by atoms with Crippen molar-refractivity contribution in [3.8, 4) is 33.6 Å². The molecule has 5 aromatic rings. The quantitative estimate of drug-likeness (QED) is 0.223. The number of carbonyl (C=O) groups is 2. The molecule has 0 radical (unpaired) electrons. The van der Waals surface area contributed by atoms with Crippen molar-refractivity contribution >= 4 is 23.1 Å². The number of hydrogen-bond acceptors (Lipinski definition) is 7. The van der Waals surface area contributed by atoms with Crippen molar-refractivity contribution in [1.82, 2.24) is 24.8 Å². The van der Waals surface area contributed by atoms with Crippen LogP contribution in [0.15, 0.2) is 79.3 Å². The second kappa shape index (κ2) is 11.8. The van der Waals surface area contributed by atoms with Gasteiger partial charge >= 0.3 is 12.1 Å². The summed E-state index contributed by atoms with van der Waals surface area (Å²) in [5.74, 6) is -0.525.